The highest BCUT2D eigenvalue weighted by molar-refractivity contribution is 5.68. The van der Waals surface area contributed by atoms with Crippen LogP contribution in [0.1, 0.15) is 70.6 Å². The summed E-state index contributed by atoms with van der Waals surface area (Å²) >= 11 is 0. The van der Waals surface area contributed by atoms with Gasteiger partial charge in [-0.25, -0.2) is 0 Å². The fourth-order valence-electron chi connectivity index (χ4n) is 2.16. The highest BCUT2D eigenvalue weighted by Crippen LogP contribution is 2.09. The maximum Gasteiger partial charge on any atom is 0.305 e. The number of allylic oxidation sites excluding steroid dienone is 1. The van der Waals surface area contributed by atoms with Crippen LogP contribution in [0.3, 0.4) is 0 Å². The lowest BCUT2D eigenvalue weighted by Gasteiger charge is -2.05. The van der Waals surface area contributed by atoms with Gasteiger partial charge in [0.2, 0.25) is 0 Å². The first kappa shape index (κ1) is 20.1. The summed E-state index contributed by atoms with van der Waals surface area (Å²) in [6.07, 6.45) is 14.1. The number of aliphatic hydroxyl groups is 2. The fraction of sp³-hybridized carbons (Fsp3) is 0.824. The number of methoxy groups -OCH3 is 1. The minimum Gasteiger partial charge on any atom is -0.469 e. The third kappa shape index (κ3) is 15.3. The van der Waals surface area contributed by atoms with Crippen molar-refractivity contribution < 1.29 is 19.7 Å². The molecule has 4 nitrogen and oxygen atoms in total. The molecule has 0 unspecified atom stereocenters. The highest BCUT2D eigenvalue weighted by atomic mass is 16.5. The van der Waals surface area contributed by atoms with Gasteiger partial charge in [-0.05, 0) is 32.1 Å². The summed E-state index contributed by atoms with van der Waals surface area (Å²) in [6.45, 7) is 0.297. The zero-order chi connectivity index (χ0) is 15.8. The van der Waals surface area contributed by atoms with E-state index in [1.54, 1.807) is 0 Å². The maximum absolute atomic E-state index is 10.9. The molecule has 0 bridgehead atoms. The fourth-order valence-corrected chi connectivity index (χ4v) is 2.16. The molecular weight excluding hydrogens is 268 g/mol. The number of esters is 1. The lowest BCUT2D eigenvalue weighted by Crippen LogP contribution is -2.02. The van der Waals surface area contributed by atoms with E-state index < -0.39 is 0 Å². The molecule has 0 aliphatic heterocycles. The van der Waals surface area contributed by atoms with E-state index in [4.69, 9.17) is 5.11 Å². The standard InChI is InChI=1S/C17H32O4/c1-21-17(20)14-10-7-9-13-16(19)12-8-5-3-2-4-6-11-15-18/h8,12,16,18-19H,2-7,9-11,13-15H2,1H3/b12-8-/t16-/m1/s1. The summed E-state index contributed by atoms with van der Waals surface area (Å²) in [5, 5.41) is 18.4. The van der Waals surface area contributed by atoms with E-state index in [-0.39, 0.29) is 12.1 Å². The van der Waals surface area contributed by atoms with Crippen molar-refractivity contribution in [2.24, 2.45) is 0 Å². The van der Waals surface area contributed by atoms with Crippen LogP contribution < -0.4 is 0 Å². The molecular formula is C17H32O4. The average molecular weight is 300 g/mol. The van der Waals surface area contributed by atoms with Crippen LogP contribution in [0.25, 0.3) is 0 Å². The quantitative estimate of drug-likeness (QED) is 0.293. The zero-order valence-electron chi connectivity index (χ0n) is 13.4. The maximum atomic E-state index is 10.9. The summed E-state index contributed by atoms with van der Waals surface area (Å²) in [5.74, 6) is -0.158. The first-order chi connectivity index (χ1) is 10.2. The van der Waals surface area contributed by atoms with Crippen LogP contribution in [0.5, 0.6) is 0 Å². The van der Waals surface area contributed by atoms with Crippen molar-refractivity contribution in [2.45, 2.75) is 76.7 Å². The molecule has 124 valence electrons. The highest BCUT2D eigenvalue weighted by Gasteiger charge is 2.01. The molecule has 0 saturated heterocycles. The van der Waals surface area contributed by atoms with Gasteiger partial charge in [0.15, 0.2) is 0 Å². The molecule has 0 aromatic heterocycles. The summed E-state index contributed by atoms with van der Waals surface area (Å²) in [4.78, 5) is 10.9. The molecule has 0 radical (unpaired) electrons. The van der Waals surface area contributed by atoms with Gasteiger partial charge in [0.1, 0.15) is 0 Å². The molecule has 0 spiro atoms. The van der Waals surface area contributed by atoms with E-state index in [1.165, 1.54) is 20.0 Å². The number of ether oxygens (including phenoxy) is 1. The first-order valence-electron chi connectivity index (χ1n) is 8.23. The second kappa shape index (κ2) is 15.5. The molecule has 21 heavy (non-hydrogen) atoms. The van der Waals surface area contributed by atoms with Crippen molar-refractivity contribution in [3.05, 3.63) is 12.2 Å². The Morgan fingerprint density at radius 1 is 1.05 bits per heavy atom. The van der Waals surface area contributed by atoms with E-state index in [0.29, 0.717) is 13.0 Å². The molecule has 0 amide bonds. The number of unbranched alkanes of at least 4 members (excludes halogenated alkanes) is 7. The molecule has 0 aliphatic carbocycles. The Kier molecular flexibility index (Phi) is 14.9. The second-order valence-electron chi connectivity index (χ2n) is 5.45. The van der Waals surface area contributed by atoms with Crippen molar-refractivity contribution in [1.82, 2.24) is 0 Å². The predicted octanol–water partition coefficient (Wildman–Crippen LogP) is 3.36. The molecule has 0 aliphatic rings. The summed E-state index contributed by atoms with van der Waals surface area (Å²) in [6, 6.07) is 0. The van der Waals surface area contributed by atoms with Crippen LogP contribution in [0.4, 0.5) is 0 Å². The third-order valence-electron chi connectivity index (χ3n) is 3.50. The predicted molar refractivity (Wildman–Crippen MR) is 85.0 cm³/mol. The third-order valence-corrected chi connectivity index (χ3v) is 3.50. The van der Waals surface area contributed by atoms with Crippen LogP contribution in [0.15, 0.2) is 12.2 Å². The average Bonchev–Trinajstić information content (AvgIpc) is 2.49. The Bertz CT molecular complexity index is 264. The van der Waals surface area contributed by atoms with E-state index in [0.717, 1.165) is 51.4 Å². The van der Waals surface area contributed by atoms with Gasteiger partial charge >= 0.3 is 5.97 Å². The van der Waals surface area contributed by atoms with Crippen molar-refractivity contribution in [3.63, 3.8) is 0 Å². The largest absolute Gasteiger partial charge is 0.469 e. The molecule has 0 aromatic carbocycles. The van der Waals surface area contributed by atoms with Crippen LogP contribution >= 0.6 is 0 Å². The minimum absolute atomic E-state index is 0.158. The number of hydrogen-bond donors (Lipinski definition) is 2. The minimum atomic E-state index is -0.363. The molecule has 0 aromatic rings. The van der Waals surface area contributed by atoms with Crippen molar-refractivity contribution in [3.8, 4) is 0 Å². The summed E-state index contributed by atoms with van der Waals surface area (Å²) in [7, 11) is 1.41. The van der Waals surface area contributed by atoms with E-state index in [9.17, 15) is 9.90 Å². The van der Waals surface area contributed by atoms with Gasteiger partial charge in [-0.1, -0.05) is 44.3 Å². The van der Waals surface area contributed by atoms with E-state index >= 15 is 0 Å². The normalized spacial score (nSPS) is 12.7. The van der Waals surface area contributed by atoms with Crippen molar-refractivity contribution in [2.75, 3.05) is 13.7 Å². The number of hydrogen-bond acceptors (Lipinski definition) is 4. The van der Waals surface area contributed by atoms with Gasteiger partial charge < -0.3 is 14.9 Å². The van der Waals surface area contributed by atoms with Gasteiger partial charge in [0.05, 0.1) is 13.2 Å². The molecule has 4 heteroatoms. The van der Waals surface area contributed by atoms with Gasteiger partial charge in [-0.3, -0.25) is 4.79 Å². The number of aliphatic hydroxyl groups excluding tert-OH is 2. The number of carbonyl (C=O) groups excluding carboxylic acids is 1. The Morgan fingerprint density at radius 2 is 1.71 bits per heavy atom. The molecule has 0 rings (SSSR count). The number of rotatable bonds is 14. The van der Waals surface area contributed by atoms with Crippen molar-refractivity contribution >= 4 is 5.97 Å². The second-order valence-corrected chi connectivity index (χ2v) is 5.45. The molecule has 0 heterocycles. The lowest BCUT2D eigenvalue weighted by molar-refractivity contribution is -0.140. The molecule has 0 saturated carbocycles. The summed E-state index contributed by atoms with van der Waals surface area (Å²) in [5.41, 5.74) is 0. The Balaban J connectivity index is 3.34. The Labute approximate surface area is 129 Å². The smallest absolute Gasteiger partial charge is 0.305 e. The lowest BCUT2D eigenvalue weighted by atomic mass is 10.1. The Hall–Kier alpha value is -0.870. The van der Waals surface area contributed by atoms with E-state index in [2.05, 4.69) is 10.8 Å². The van der Waals surface area contributed by atoms with Gasteiger partial charge in [0, 0.05) is 13.0 Å². The Morgan fingerprint density at radius 3 is 2.43 bits per heavy atom. The van der Waals surface area contributed by atoms with Gasteiger partial charge in [-0.15, -0.1) is 0 Å². The molecule has 2 N–H and O–H groups in total. The SMILES string of the molecule is COC(=O)CCCCC[C@H](O)/C=C\CCCCCCCO. The van der Waals surface area contributed by atoms with Crippen LogP contribution in [0.2, 0.25) is 0 Å². The van der Waals surface area contributed by atoms with Crippen molar-refractivity contribution in [1.29, 1.82) is 0 Å². The van der Waals surface area contributed by atoms with Crippen LogP contribution in [0, 0.1) is 0 Å². The van der Waals surface area contributed by atoms with Crippen LogP contribution in [-0.2, 0) is 9.53 Å². The van der Waals surface area contributed by atoms with Gasteiger partial charge in [-0.2, -0.15) is 0 Å². The van der Waals surface area contributed by atoms with E-state index in [1.807, 2.05) is 6.08 Å². The first-order valence-corrected chi connectivity index (χ1v) is 8.23. The molecule has 1 atom stereocenters. The number of carbonyl (C=O) groups is 1. The summed E-state index contributed by atoms with van der Waals surface area (Å²) < 4.78 is 4.57. The van der Waals surface area contributed by atoms with Crippen LogP contribution in [-0.4, -0.2) is 36.0 Å². The molecule has 0 fully saturated rings. The van der Waals surface area contributed by atoms with Gasteiger partial charge in [0.25, 0.3) is 0 Å². The zero-order valence-corrected chi connectivity index (χ0v) is 13.4. The topological polar surface area (TPSA) is 66.8 Å². The monoisotopic (exact) mass is 300 g/mol.